The first-order valence-corrected chi connectivity index (χ1v) is 5.95. The molecular formula is C13H16N2O3. The zero-order chi connectivity index (χ0) is 13.0. The fraction of sp³-hybridized carbons (Fsp3) is 0.385. The lowest BCUT2D eigenvalue weighted by Gasteiger charge is -2.10. The molecule has 1 heterocycles. The maximum Gasteiger partial charge on any atom is 0.249 e. The highest BCUT2D eigenvalue weighted by atomic mass is 16.5. The number of carbonyl (C=O) groups excluding carboxylic acids is 2. The highest BCUT2D eigenvalue weighted by Gasteiger charge is 2.22. The topological polar surface area (TPSA) is 81.4 Å². The van der Waals surface area contributed by atoms with Gasteiger partial charge in [0.1, 0.15) is 6.10 Å². The number of amides is 2. The fourth-order valence-corrected chi connectivity index (χ4v) is 1.87. The van der Waals surface area contributed by atoms with Crippen LogP contribution in [0.5, 0.6) is 0 Å². The minimum Gasteiger partial charge on any atom is -0.368 e. The van der Waals surface area contributed by atoms with Gasteiger partial charge >= 0.3 is 0 Å². The molecule has 0 saturated carbocycles. The molecule has 2 rings (SSSR count). The lowest BCUT2D eigenvalue weighted by Crippen LogP contribution is -2.33. The summed E-state index contributed by atoms with van der Waals surface area (Å²) in [6, 6.07) is 6.84. The van der Waals surface area contributed by atoms with Gasteiger partial charge in [-0.3, -0.25) is 9.59 Å². The van der Waals surface area contributed by atoms with Crippen LogP contribution in [0.1, 0.15) is 28.8 Å². The van der Waals surface area contributed by atoms with Crippen molar-refractivity contribution in [2.45, 2.75) is 25.5 Å². The second kappa shape index (κ2) is 5.64. The van der Waals surface area contributed by atoms with Crippen LogP contribution in [0.2, 0.25) is 0 Å². The molecule has 1 unspecified atom stereocenters. The average molecular weight is 248 g/mol. The molecule has 1 aliphatic rings. The summed E-state index contributed by atoms with van der Waals surface area (Å²) in [4.78, 5) is 22.6. The fourth-order valence-electron chi connectivity index (χ4n) is 1.87. The number of benzene rings is 1. The van der Waals surface area contributed by atoms with Gasteiger partial charge in [0, 0.05) is 18.7 Å². The van der Waals surface area contributed by atoms with Gasteiger partial charge in [0.05, 0.1) is 0 Å². The van der Waals surface area contributed by atoms with Gasteiger partial charge < -0.3 is 15.8 Å². The van der Waals surface area contributed by atoms with E-state index >= 15 is 0 Å². The highest BCUT2D eigenvalue weighted by Crippen LogP contribution is 2.12. The van der Waals surface area contributed by atoms with Crippen LogP contribution in [0.4, 0.5) is 0 Å². The Morgan fingerprint density at radius 1 is 1.33 bits per heavy atom. The van der Waals surface area contributed by atoms with Crippen molar-refractivity contribution in [1.82, 2.24) is 5.32 Å². The van der Waals surface area contributed by atoms with Gasteiger partial charge in [-0.2, -0.15) is 0 Å². The molecule has 18 heavy (non-hydrogen) atoms. The van der Waals surface area contributed by atoms with Crippen LogP contribution in [0.25, 0.3) is 0 Å². The zero-order valence-electron chi connectivity index (χ0n) is 10.0. The van der Waals surface area contributed by atoms with Gasteiger partial charge in [0.15, 0.2) is 0 Å². The molecule has 5 nitrogen and oxygen atoms in total. The molecule has 1 aromatic carbocycles. The van der Waals surface area contributed by atoms with Gasteiger partial charge in [-0.25, -0.2) is 0 Å². The van der Waals surface area contributed by atoms with E-state index in [0.29, 0.717) is 18.7 Å². The molecule has 2 amide bonds. The SMILES string of the molecule is NC(=O)c1ccc(CNC(=O)C2CCCO2)cc1. The van der Waals surface area contributed by atoms with Crippen LogP contribution < -0.4 is 11.1 Å². The lowest BCUT2D eigenvalue weighted by molar-refractivity contribution is -0.130. The van der Waals surface area contributed by atoms with Crippen molar-refractivity contribution in [3.63, 3.8) is 0 Å². The van der Waals surface area contributed by atoms with Crippen LogP contribution in [0.3, 0.4) is 0 Å². The normalized spacial score (nSPS) is 18.6. The van der Waals surface area contributed by atoms with E-state index in [1.54, 1.807) is 24.3 Å². The lowest BCUT2D eigenvalue weighted by atomic mass is 10.1. The molecule has 1 saturated heterocycles. The Bertz CT molecular complexity index is 436. The third kappa shape index (κ3) is 3.07. The molecule has 1 fully saturated rings. The molecule has 1 atom stereocenters. The number of hydrogen-bond acceptors (Lipinski definition) is 3. The summed E-state index contributed by atoms with van der Waals surface area (Å²) in [5, 5.41) is 2.81. The molecule has 0 bridgehead atoms. The summed E-state index contributed by atoms with van der Waals surface area (Å²) in [5.41, 5.74) is 6.53. The Hall–Kier alpha value is -1.88. The van der Waals surface area contributed by atoms with E-state index in [0.717, 1.165) is 18.4 Å². The van der Waals surface area contributed by atoms with Gasteiger partial charge in [0.2, 0.25) is 11.8 Å². The summed E-state index contributed by atoms with van der Waals surface area (Å²) in [6.45, 7) is 1.09. The monoisotopic (exact) mass is 248 g/mol. The molecule has 1 aliphatic heterocycles. The Kier molecular flexibility index (Phi) is 3.94. The van der Waals surface area contributed by atoms with E-state index < -0.39 is 5.91 Å². The van der Waals surface area contributed by atoms with E-state index in [4.69, 9.17) is 10.5 Å². The Morgan fingerprint density at radius 2 is 2.06 bits per heavy atom. The number of primary amides is 1. The van der Waals surface area contributed by atoms with Crippen LogP contribution in [-0.4, -0.2) is 24.5 Å². The number of hydrogen-bond donors (Lipinski definition) is 2. The molecule has 1 aromatic rings. The van der Waals surface area contributed by atoms with Crippen LogP contribution in [-0.2, 0) is 16.1 Å². The third-order valence-electron chi connectivity index (χ3n) is 2.93. The second-order valence-corrected chi connectivity index (χ2v) is 4.28. The standard InChI is InChI=1S/C13H16N2O3/c14-12(16)10-5-3-9(4-6-10)8-15-13(17)11-2-1-7-18-11/h3-6,11H,1-2,7-8H2,(H2,14,16)(H,15,17). The van der Waals surface area contributed by atoms with Crippen molar-refractivity contribution < 1.29 is 14.3 Å². The molecule has 3 N–H and O–H groups in total. The van der Waals surface area contributed by atoms with Gasteiger partial charge in [-0.05, 0) is 30.5 Å². The van der Waals surface area contributed by atoms with Crippen LogP contribution in [0, 0.1) is 0 Å². The number of rotatable bonds is 4. The first-order valence-electron chi connectivity index (χ1n) is 5.95. The second-order valence-electron chi connectivity index (χ2n) is 4.28. The van der Waals surface area contributed by atoms with Crippen molar-refractivity contribution in [2.24, 2.45) is 5.73 Å². The number of nitrogens with two attached hydrogens (primary N) is 1. The summed E-state index contributed by atoms with van der Waals surface area (Å²) in [7, 11) is 0. The minimum absolute atomic E-state index is 0.0773. The van der Waals surface area contributed by atoms with Crippen molar-refractivity contribution in [3.8, 4) is 0 Å². The van der Waals surface area contributed by atoms with Crippen molar-refractivity contribution in [2.75, 3.05) is 6.61 Å². The van der Waals surface area contributed by atoms with E-state index in [9.17, 15) is 9.59 Å². The Morgan fingerprint density at radius 3 is 2.61 bits per heavy atom. The Labute approximate surface area is 105 Å². The van der Waals surface area contributed by atoms with Gasteiger partial charge in [0.25, 0.3) is 0 Å². The third-order valence-corrected chi connectivity index (χ3v) is 2.93. The van der Waals surface area contributed by atoms with Crippen LogP contribution in [0.15, 0.2) is 24.3 Å². The van der Waals surface area contributed by atoms with E-state index in [1.165, 1.54) is 0 Å². The summed E-state index contributed by atoms with van der Waals surface area (Å²) >= 11 is 0. The molecule has 0 aliphatic carbocycles. The Balaban J connectivity index is 1.86. The van der Waals surface area contributed by atoms with Crippen molar-refractivity contribution >= 4 is 11.8 Å². The molecule has 0 radical (unpaired) electrons. The maximum absolute atomic E-state index is 11.7. The zero-order valence-corrected chi connectivity index (χ0v) is 10.0. The summed E-state index contributed by atoms with van der Waals surface area (Å²) < 4.78 is 5.28. The molecule has 96 valence electrons. The molecule has 0 aromatic heterocycles. The number of carbonyl (C=O) groups is 2. The van der Waals surface area contributed by atoms with Gasteiger partial charge in [-0.1, -0.05) is 12.1 Å². The molecular weight excluding hydrogens is 232 g/mol. The highest BCUT2D eigenvalue weighted by molar-refractivity contribution is 5.92. The first kappa shape index (κ1) is 12.6. The van der Waals surface area contributed by atoms with E-state index in [2.05, 4.69) is 5.32 Å². The first-order chi connectivity index (χ1) is 8.66. The smallest absolute Gasteiger partial charge is 0.249 e. The molecule has 0 spiro atoms. The quantitative estimate of drug-likeness (QED) is 0.817. The van der Waals surface area contributed by atoms with Crippen LogP contribution >= 0.6 is 0 Å². The van der Waals surface area contributed by atoms with E-state index in [-0.39, 0.29) is 12.0 Å². The summed E-state index contributed by atoms with van der Waals surface area (Å²) in [5.74, 6) is -0.531. The summed E-state index contributed by atoms with van der Waals surface area (Å²) in [6.07, 6.45) is 1.41. The largest absolute Gasteiger partial charge is 0.368 e. The van der Waals surface area contributed by atoms with E-state index in [1.807, 2.05) is 0 Å². The minimum atomic E-state index is -0.454. The maximum atomic E-state index is 11.7. The van der Waals surface area contributed by atoms with Crippen molar-refractivity contribution in [1.29, 1.82) is 0 Å². The number of ether oxygens (including phenoxy) is 1. The number of nitrogens with one attached hydrogen (secondary N) is 1. The predicted molar refractivity (Wildman–Crippen MR) is 65.8 cm³/mol. The molecule has 5 heteroatoms. The average Bonchev–Trinajstić information content (AvgIpc) is 2.90. The predicted octanol–water partition coefficient (Wildman–Crippen LogP) is 0.581. The van der Waals surface area contributed by atoms with Gasteiger partial charge in [-0.15, -0.1) is 0 Å². The van der Waals surface area contributed by atoms with Crippen molar-refractivity contribution in [3.05, 3.63) is 35.4 Å².